The maximum atomic E-state index is 11.2. The van der Waals surface area contributed by atoms with Crippen molar-refractivity contribution in [2.24, 2.45) is 11.7 Å². The van der Waals surface area contributed by atoms with Crippen molar-refractivity contribution < 1.29 is 4.79 Å². The van der Waals surface area contributed by atoms with E-state index in [1.54, 1.807) is 0 Å². The van der Waals surface area contributed by atoms with Crippen LogP contribution in [0.5, 0.6) is 0 Å². The molecule has 1 heterocycles. The van der Waals surface area contributed by atoms with E-state index in [1.165, 1.54) is 0 Å². The van der Waals surface area contributed by atoms with E-state index in [1.807, 2.05) is 13.8 Å². The Bertz CT molecular complexity index is 424. The predicted molar refractivity (Wildman–Crippen MR) is 78.1 cm³/mol. The Hall–Kier alpha value is -1.55. The normalized spacial score (nSPS) is 21.9. The average Bonchev–Trinajstić information content (AvgIpc) is 2.90. The molecule has 0 bridgehead atoms. The lowest BCUT2D eigenvalue weighted by atomic mass is 9.88. The maximum Gasteiger partial charge on any atom is 0.220 e. The molecule has 1 aromatic rings. The Balaban J connectivity index is 1.99. The standard InChI is InChI=1S/C15H23N3O/c1-10(11(2)15(16)19)12-3-5-13(6-4-12)18-14-7-8-17-9-14/h3-6,10-11,14,17-18H,7-9H2,1-2H3,(H2,16,19)/t10-,11?,14-/m0/s1. The Labute approximate surface area is 114 Å². The lowest BCUT2D eigenvalue weighted by Crippen LogP contribution is -2.25. The molecule has 1 fully saturated rings. The molecule has 104 valence electrons. The van der Waals surface area contributed by atoms with Crippen LogP contribution in [-0.2, 0) is 4.79 Å². The third kappa shape index (κ3) is 3.47. The van der Waals surface area contributed by atoms with Crippen LogP contribution in [0.1, 0.15) is 31.7 Å². The summed E-state index contributed by atoms with van der Waals surface area (Å²) in [6.45, 7) is 6.03. The van der Waals surface area contributed by atoms with E-state index in [2.05, 4.69) is 34.9 Å². The smallest absolute Gasteiger partial charge is 0.220 e. The SMILES string of the molecule is CC(C(N)=O)[C@H](C)c1ccc(N[C@H]2CCNC2)cc1. The summed E-state index contributed by atoms with van der Waals surface area (Å²) >= 11 is 0. The fourth-order valence-corrected chi connectivity index (χ4v) is 2.43. The van der Waals surface area contributed by atoms with Gasteiger partial charge < -0.3 is 16.4 Å². The topological polar surface area (TPSA) is 67.2 Å². The number of nitrogens with two attached hydrogens (primary N) is 1. The third-order valence-corrected chi connectivity index (χ3v) is 4.07. The van der Waals surface area contributed by atoms with Crippen molar-refractivity contribution in [3.63, 3.8) is 0 Å². The lowest BCUT2D eigenvalue weighted by Gasteiger charge is -2.18. The monoisotopic (exact) mass is 261 g/mol. The van der Waals surface area contributed by atoms with Crippen LogP contribution < -0.4 is 16.4 Å². The van der Waals surface area contributed by atoms with Gasteiger partial charge in [-0.2, -0.15) is 0 Å². The van der Waals surface area contributed by atoms with Crippen LogP contribution in [-0.4, -0.2) is 25.0 Å². The van der Waals surface area contributed by atoms with Gasteiger partial charge in [0.15, 0.2) is 0 Å². The fraction of sp³-hybridized carbons (Fsp3) is 0.533. The minimum Gasteiger partial charge on any atom is -0.381 e. The number of benzene rings is 1. The Kier molecular flexibility index (Phi) is 4.43. The van der Waals surface area contributed by atoms with Crippen molar-refractivity contribution in [1.29, 1.82) is 0 Å². The largest absolute Gasteiger partial charge is 0.381 e. The van der Waals surface area contributed by atoms with Crippen LogP contribution >= 0.6 is 0 Å². The molecule has 1 aliphatic rings. The zero-order valence-corrected chi connectivity index (χ0v) is 11.6. The van der Waals surface area contributed by atoms with Gasteiger partial charge in [-0.05, 0) is 36.6 Å². The van der Waals surface area contributed by atoms with Crippen LogP contribution in [0, 0.1) is 5.92 Å². The van der Waals surface area contributed by atoms with Crippen molar-refractivity contribution >= 4 is 11.6 Å². The van der Waals surface area contributed by atoms with Crippen LogP contribution in [0.2, 0.25) is 0 Å². The molecule has 4 heteroatoms. The van der Waals surface area contributed by atoms with Crippen molar-refractivity contribution in [2.75, 3.05) is 18.4 Å². The molecule has 0 aliphatic carbocycles. The molecule has 1 aromatic carbocycles. The second-order valence-corrected chi connectivity index (χ2v) is 5.44. The first-order chi connectivity index (χ1) is 9.08. The van der Waals surface area contributed by atoms with Gasteiger partial charge in [-0.1, -0.05) is 26.0 Å². The number of hydrogen-bond acceptors (Lipinski definition) is 3. The molecular formula is C15H23N3O. The second-order valence-electron chi connectivity index (χ2n) is 5.44. The Morgan fingerprint density at radius 2 is 2.05 bits per heavy atom. The van der Waals surface area contributed by atoms with Crippen molar-refractivity contribution in [3.05, 3.63) is 29.8 Å². The van der Waals surface area contributed by atoms with Crippen LogP contribution in [0.4, 0.5) is 5.69 Å². The molecule has 4 nitrogen and oxygen atoms in total. The van der Waals surface area contributed by atoms with Gasteiger partial charge in [0.25, 0.3) is 0 Å². The predicted octanol–water partition coefficient (Wildman–Crippen LogP) is 1.69. The molecule has 3 atom stereocenters. The number of carbonyl (C=O) groups excluding carboxylic acids is 1. The fourth-order valence-electron chi connectivity index (χ4n) is 2.43. The van der Waals surface area contributed by atoms with Crippen LogP contribution in [0.3, 0.4) is 0 Å². The van der Waals surface area contributed by atoms with Crippen LogP contribution in [0.15, 0.2) is 24.3 Å². The minimum atomic E-state index is -0.244. The number of amides is 1. The first kappa shape index (κ1) is 13.9. The molecule has 0 aromatic heterocycles. The molecule has 1 unspecified atom stereocenters. The Morgan fingerprint density at radius 1 is 1.37 bits per heavy atom. The van der Waals surface area contributed by atoms with Gasteiger partial charge in [0.2, 0.25) is 5.91 Å². The van der Waals surface area contributed by atoms with E-state index in [9.17, 15) is 4.79 Å². The van der Waals surface area contributed by atoms with Gasteiger partial charge in [-0.15, -0.1) is 0 Å². The highest BCUT2D eigenvalue weighted by Crippen LogP contribution is 2.25. The van der Waals surface area contributed by atoms with E-state index in [0.717, 1.165) is 30.8 Å². The van der Waals surface area contributed by atoms with E-state index in [4.69, 9.17) is 5.73 Å². The first-order valence-electron chi connectivity index (χ1n) is 6.94. The summed E-state index contributed by atoms with van der Waals surface area (Å²) in [5.74, 6) is -0.232. The summed E-state index contributed by atoms with van der Waals surface area (Å²) in [7, 11) is 0. The number of nitrogens with one attached hydrogen (secondary N) is 2. The number of anilines is 1. The molecule has 1 aliphatic heterocycles. The first-order valence-corrected chi connectivity index (χ1v) is 6.94. The number of hydrogen-bond donors (Lipinski definition) is 3. The molecular weight excluding hydrogens is 238 g/mol. The summed E-state index contributed by atoms with van der Waals surface area (Å²) < 4.78 is 0. The second kappa shape index (κ2) is 6.06. The summed E-state index contributed by atoms with van der Waals surface area (Å²) in [4.78, 5) is 11.2. The number of rotatable bonds is 5. The summed E-state index contributed by atoms with van der Waals surface area (Å²) in [5.41, 5.74) is 7.64. The van der Waals surface area contributed by atoms with Gasteiger partial charge in [-0.3, -0.25) is 4.79 Å². The Morgan fingerprint density at radius 3 is 2.58 bits per heavy atom. The summed E-state index contributed by atoms with van der Waals surface area (Å²) in [6.07, 6.45) is 1.16. The van der Waals surface area contributed by atoms with E-state index >= 15 is 0 Å². The van der Waals surface area contributed by atoms with Gasteiger partial charge in [-0.25, -0.2) is 0 Å². The highest BCUT2D eigenvalue weighted by molar-refractivity contribution is 5.77. The molecule has 2 rings (SSSR count). The van der Waals surface area contributed by atoms with Gasteiger partial charge in [0.1, 0.15) is 0 Å². The molecule has 0 radical (unpaired) electrons. The molecule has 0 spiro atoms. The highest BCUT2D eigenvalue weighted by Gasteiger charge is 2.19. The van der Waals surface area contributed by atoms with Crippen molar-refractivity contribution in [1.82, 2.24) is 5.32 Å². The zero-order chi connectivity index (χ0) is 13.8. The molecule has 19 heavy (non-hydrogen) atoms. The third-order valence-electron chi connectivity index (χ3n) is 4.07. The minimum absolute atomic E-state index is 0.141. The summed E-state index contributed by atoms with van der Waals surface area (Å²) in [6, 6.07) is 8.84. The lowest BCUT2D eigenvalue weighted by molar-refractivity contribution is -0.121. The zero-order valence-electron chi connectivity index (χ0n) is 11.6. The van der Waals surface area contributed by atoms with E-state index in [0.29, 0.717) is 6.04 Å². The molecule has 0 saturated carbocycles. The van der Waals surface area contributed by atoms with E-state index < -0.39 is 0 Å². The molecule has 1 saturated heterocycles. The number of primary amides is 1. The van der Waals surface area contributed by atoms with Gasteiger partial charge in [0.05, 0.1) is 0 Å². The number of carbonyl (C=O) groups is 1. The van der Waals surface area contributed by atoms with Crippen LogP contribution in [0.25, 0.3) is 0 Å². The quantitative estimate of drug-likeness (QED) is 0.755. The highest BCUT2D eigenvalue weighted by atomic mass is 16.1. The van der Waals surface area contributed by atoms with E-state index in [-0.39, 0.29) is 17.7 Å². The maximum absolute atomic E-state index is 11.2. The molecule has 1 amide bonds. The van der Waals surface area contributed by atoms with Gasteiger partial charge in [0, 0.05) is 24.2 Å². The summed E-state index contributed by atoms with van der Waals surface area (Å²) in [5, 5.41) is 6.84. The van der Waals surface area contributed by atoms with Gasteiger partial charge >= 0.3 is 0 Å². The molecule has 4 N–H and O–H groups in total. The van der Waals surface area contributed by atoms with Crippen molar-refractivity contribution in [2.45, 2.75) is 32.2 Å². The van der Waals surface area contributed by atoms with Crippen molar-refractivity contribution in [3.8, 4) is 0 Å². The average molecular weight is 261 g/mol.